The molecule has 1 aliphatic rings. The average Bonchev–Trinajstić information content (AvgIpc) is 2.79. The number of fused-ring (bicyclic) bond motifs is 1. The Morgan fingerprint density at radius 1 is 1.12 bits per heavy atom. The number of anilines is 2. The molecule has 2 N–H and O–H groups in total. The molecule has 178 valence electrons. The van der Waals surface area contributed by atoms with Crippen LogP contribution in [0.1, 0.15) is 10.4 Å². The van der Waals surface area contributed by atoms with E-state index < -0.39 is 40.3 Å². The molecule has 4 rings (SSSR count). The van der Waals surface area contributed by atoms with Crippen LogP contribution in [0.2, 0.25) is 10.0 Å². The fourth-order valence-corrected chi connectivity index (χ4v) is 5.45. The summed E-state index contributed by atoms with van der Waals surface area (Å²) in [5, 5.41) is 12.0. The Bertz CT molecular complexity index is 1350. The van der Waals surface area contributed by atoms with Gasteiger partial charge in [0.2, 0.25) is 0 Å². The van der Waals surface area contributed by atoms with Crippen molar-refractivity contribution in [1.82, 2.24) is 0 Å². The molecule has 0 aromatic heterocycles. The largest absolute Gasteiger partial charge is 0.484 e. The number of sulfonamides is 1. The van der Waals surface area contributed by atoms with E-state index in [9.17, 15) is 27.1 Å². The highest BCUT2D eigenvalue weighted by atomic mass is 35.5. The summed E-state index contributed by atoms with van der Waals surface area (Å²) in [4.78, 5) is 12.5. The Labute approximate surface area is 203 Å². The topological polar surface area (TPSA) is 95.9 Å². The second kappa shape index (κ2) is 9.38. The number of ether oxygens (including phenoxy) is 1. The number of amides is 1. The molecule has 0 aliphatic carbocycles. The summed E-state index contributed by atoms with van der Waals surface area (Å²) in [7, 11) is -4.26. The molecule has 7 nitrogen and oxygen atoms in total. The van der Waals surface area contributed by atoms with Crippen molar-refractivity contribution < 1.29 is 31.8 Å². The number of nitrogens with one attached hydrogen (secondary N) is 1. The molecule has 1 amide bonds. The van der Waals surface area contributed by atoms with Crippen LogP contribution in [0.5, 0.6) is 5.75 Å². The Hall–Kier alpha value is -2.92. The predicted octanol–water partition coefficient (Wildman–Crippen LogP) is 4.47. The van der Waals surface area contributed by atoms with Crippen LogP contribution >= 0.6 is 23.2 Å². The monoisotopic (exact) mass is 528 g/mol. The standard InChI is InChI=1S/C22H16Cl2F2N2O5S/c23-15-2-1-3-16(24)21(15)22(30)27-18-9-19-20(8-17(18)26)33-13(11-29)10-28(19)34(31,32)14-6-4-12(25)5-7-14/h1-9,13,29H,10-11H2,(H,27,30). The van der Waals surface area contributed by atoms with Gasteiger partial charge in [-0.05, 0) is 42.5 Å². The van der Waals surface area contributed by atoms with Crippen LogP contribution in [0.3, 0.4) is 0 Å². The van der Waals surface area contributed by atoms with Gasteiger partial charge >= 0.3 is 0 Å². The number of carbonyl (C=O) groups is 1. The van der Waals surface area contributed by atoms with Gasteiger partial charge in [-0.2, -0.15) is 0 Å². The zero-order chi connectivity index (χ0) is 24.6. The van der Waals surface area contributed by atoms with Gasteiger partial charge in [-0.1, -0.05) is 29.3 Å². The first-order chi connectivity index (χ1) is 16.1. The third kappa shape index (κ3) is 4.54. The lowest BCUT2D eigenvalue weighted by molar-refractivity contribution is 0.102. The van der Waals surface area contributed by atoms with Crippen LogP contribution in [0, 0.1) is 11.6 Å². The SMILES string of the molecule is O=C(Nc1cc2c(cc1F)OC(CO)CN2S(=O)(=O)c1ccc(F)cc1)c1c(Cl)cccc1Cl. The Morgan fingerprint density at radius 3 is 2.38 bits per heavy atom. The molecule has 1 atom stereocenters. The van der Waals surface area contributed by atoms with Crippen molar-refractivity contribution in [2.45, 2.75) is 11.0 Å². The van der Waals surface area contributed by atoms with Crippen LogP contribution in [-0.2, 0) is 10.0 Å². The molecule has 34 heavy (non-hydrogen) atoms. The van der Waals surface area contributed by atoms with Gasteiger partial charge in [0.25, 0.3) is 15.9 Å². The first-order valence-corrected chi connectivity index (χ1v) is 12.0. The summed E-state index contributed by atoms with van der Waals surface area (Å²) in [5.41, 5.74) is -0.531. The molecule has 0 bridgehead atoms. The van der Waals surface area contributed by atoms with Gasteiger partial charge < -0.3 is 15.2 Å². The molecule has 1 aliphatic heterocycles. The van der Waals surface area contributed by atoms with Gasteiger partial charge in [-0.3, -0.25) is 9.10 Å². The van der Waals surface area contributed by atoms with Crippen LogP contribution in [-0.4, -0.2) is 38.7 Å². The Morgan fingerprint density at radius 2 is 1.76 bits per heavy atom. The molecule has 3 aromatic rings. The lowest BCUT2D eigenvalue weighted by Crippen LogP contribution is -2.45. The summed E-state index contributed by atoms with van der Waals surface area (Å²) >= 11 is 12.1. The summed E-state index contributed by atoms with van der Waals surface area (Å²) in [6.45, 7) is -0.849. The highest BCUT2D eigenvalue weighted by molar-refractivity contribution is 7.92. The van der Waals surface area contributed by atoms with E-state index in [1.807, 2.05) is 0 Å². The highest BCUT2D eigenvalue weighted by Gasteiger charge is 2.35. The average molecular weight is 529 g/mol. The van der Waals surface area contributed by atoms with E-state index in [0.717, 1.165) is 40.7 Å². The maximum absolute atomic E-state index is 14.8. The Kier molecular flexibility index (Phi) is 6.68. The summed E-state index contributed by atoms with van der Waals surface area (Å²) in [6.07, 6.45) is -0.982. The quantitative estimate of drug-likeness (QED) is 0.509. The van der Waals surface area contributed by atoms with Crippen molar-refractivity contribution in [3.05, 3.63) is 81.8 Å². The van der Waals surface area contributed by atoms with E-state index in [2.05, 4.69) is 5.32 Å². The van der Waals surface area contributed by atoms with Gasteiger partial charge in [-0.15, -0.1) is 0 Å². The summed E-state index contributed by atoms with van der Waals surface area (Å²) in [6, 6.07) is 10.5. The van der Waals surface area contributed by atoms with E-state index in [-0.39, 0.29) is 44.2 Å². The van der Waals surface area contributed by atoms with E-state index in [1.54, 1.807) is 0 Å². The third-order valence-corrected chi connectivity index (χ3v) is 7.45. The molecule has 12 heteroatoms. The van der Waals surface area contributed by atoms with Gasteiger partial charge in [-0.25, -0.2) is 17.2 Å². The molecule has 0 spiro atoms. The minimum atomic E-state index is -4.26. The first-order valence-electron chi connectivity index (χ1n) is 9.76. The van der Waals surface area contributed by atoms with Crippen molar-refractivity contribution in [3.63, 3.8) is 0 Å². The number of rotatable bonds is 5. The van der Waals surface area contributed by atoms with Gasteiger partial charge in [0.1, 0.15) is 17.7 Å². The summed E-state index contributed by atoms with van der Waals surface area (Å²) in [5.74, 6) is -2.53. The fraction of sp³-hybridized carbons (Fsp3) is 0.136. The number of aliphatic hydroxyl groups excluding tert-OH is 1. The van der Waals surface area contributed by atoms with E-state index in [4.69, 9.17) is 27.9 Å². The molecule has 1 unspecified atom stereocenters. The van der Waals surface area contributed by atoms with Gasteiger partial charge in [0.05, 0.1) is 45.0 Å². The van der Waals surface area contributed by atoms with Crippen LogP contribution in [0.25, 0.3) is 0 Å². The molecule has 1 heterocycles. The molecular weight excluding hydrogens is 513 g/mol. The number of halogens is 4. The van der Waals surface area contributed by atoms with E-state index >= 15 is 0 Å². The van der Waals surface area contributed by atoms with Crippen LogP contribution < -0.4 is 14.4 Å². The second-order valence-corrected chi connectivity index (χ2v) is 9.94. The number of benzene rings is 3. The highest BCUT2D eigenvalue weighted by Crippen LogP contribution is 2.40. The molecule has 0 radical (unpaired) electrons. The van der Waals surface area contributed by atoms with E-state index in [1.165, 1.54) is 18.2 Å². The fourth-order valence-electron chi connectivity index (χ4n) is 3.38. The Balaban J connectivity index is 1.77. The molecule has 0 saturated heterocycles. The molecule has 0 fully saturated rings. The molecule has 0 saturated carbocycles. The van der Waals surface area contributed by atoms with Gasteiger partial charge in [0, 0.05) is 6.07 Å². The third-order valence-electron chi connectivity index (χ3n) is 5.02. The molecule has 3 aromatic carbocycles. The number of nitrogens with zero attached hydrogens (tertiary/aromatic N) is 1. The number of hydrogen-bond acceptors (Lipinski definition) is 5. The van der Waals surface area contributed by atoms with Crippen molar-refractivity contribution in [1.29, 1.82) is 0 Å². The summed E-state index contributed by atoms with van der Waals surface area (Å²) < 4.78 is 61.2. The van der Waals surface area contributed by atoms with Crippen LogP contribution in [0.15, 0.2) is 59.5 Å². The maximum atomic E-state index is 14.8. The lowest BCUT2D eigenvalue weighted by Gasteiger charge is -2.35. The molecular formula is C22H16Cl2F2N2O5S. The van der Waals surface area contributed by atoms with Crippen molar-refractivity contribution in [2.24, 2.45) is 0 Å². The number of hydrogen-bond donors (Lipinski definition) is 2. The maximum Gasteiger partial charge on any atom is 0.264 e. The van der Waals surface area contributed by atoms with Crippen LogP contribution in [0.4, 0.5) is 20.2 Å². The van der Waals surface area contributed by atoms with E-state index in [0.29, 0.717) is 0 Å². The minimum absolute atomic E-state index is 0.0398. The zero-order valence-electron chi connectivity index (χ0n) is 17.1. The predicted molar refractivity (Wildman–Crippen MR) is 123 cm³/mol. The second-order valence-electron chi connectivity index (χ2n) is 7.26. The zero-order valence-corrected chi connectivity index (χ0v) is 19.5. The first kappa shape index (κ1) is 24.2. The van der Waals surface area contributed by atoms with Crippen molar-refractivity contribution in [3.8, 4) is 5.75 Å². The van der Waals surface area contributed by atoms with Crippen molar-refractivity contribution in [2.75, 3.05) is 22.8 Å². The smallest absolute Gasteiger partial charge is 0.264 e. The lowest BCUT2D eigenvalue weighted by atomic mass is 10.1. The van der Waals surface area contributed by atoms with Crippen molar-refractivity contribution >= 4 is 50.5 Å². The van der Waals surface area contributed by atoms with Gasteiger partial charge in [0.15, 0.2) is 5.82 Å². The minimum Gasteiger partial charge on any atom is -0.484 e. The number of carbonyl (C=O) groups excluding carboxylic acids is 1. The normalized spacial score (nSPS) is 15.4. The number of aliphatic hydroxyl groups is 1.